The first kappa shape index (κ1) is 16.0. The number of hydrogen-bond acceptors (Lipinski definition) is 3. The van der Waals surface area contributed by atoms with E-state index in [1.165, 1.54) is 0 Å². The third-order valence-electron chi connectivity index (χ3n) is 2.99. The highest BCUT2D eigenvalue weighted by molar-refractivity contribution is 9.10. The van der Waals surface area contributed by atoms with E-state index in [0.29, 0.717) is 5.69 Å². The summed E-state index contributed by atoms with van der Waals surface area (Å²) in [6.45, 7) is 0.864. The first-order valence-corrected chi connectivity index (χ1v) is 8.81. The molecule has 0 spiro atoms. The van der Waals surface area contributed by atoms with Gasteiger partial charge in [0.25, 0.3) is 10.0 Å². The molecular formula is C15H17BrN2O2S. The minimum Gasteiger partial charge on any atom is -0.319 e. The Labute approximate surface area is 133 Å². The maximum Gasteiger partial charge on any atom is 0.261 e. The van der Waals surface area contributed by atoms with Gasteiger partial charge in [-0.2, -0.15) is 0 Å². The minimum absolute atomic E-state index is 0.263. The number of rotatable bonds is 6. The molecule has 2 aromatic rings. The van der Waals surface area contributed by atoms with Gasteiger partial charge in [0, 0.05) is 10.2 Å². The number of likely N-dealkylation sites (N-methyl/N-ethyl adjacent to an activating group) is 1. The molecule has 0 aliphatic heterocycles. The molecule has 21 heavy (non-hydrogen) atoms. The molecule has 0 atom stereocenters. The quantitative estimate of drug-likeness (QED) is 0.823. The van der Waals surface area contributed by atoms with E-state index >= 15 is 0 Å². The van der Waals surface area contributed by atoms with Crippen LogP contribution in [-0.2, 0) is 16.4 Å². The van der Waals surface area contributed by atoms with Crippen LogP contribution in [0.4, 0.5) is 5.69 Å². The Morgan fingerprint density at radius 3 is 2.19 bits per heavy atom. The zero-order chi connectivity index (χ0) is 15.3. The number of benzene rings is 2. The van der Waals surface area contributed by atoms with Crippen molar-refractivity contribution in [3.8, 4) is 0 Å². The van der Waals surface area contributed by atoms with Crippen LogP contribution in [0.15, 0.2) is 57.9 Å². The van der Waals surface area contributed by atoms with Crippen molar-refractivity contribution in [2.45, 2.75) is 11.3 Å². The highest BCUT2D eigenvalue weighted by Gasteiger charge is 2.13. The molecule has 6 heteroatoms. The monoisotopic (exact) mass is 368 g/mol. The summed E-state index contributed by atoms with van der Waals surface area (Å²) < 4.78 is 28.0. The molecule has 0 heterocycles. The first-order chi connectivity index (χ1) is 10.0. The van der Waals surface area contributed by atoms with Crippen molar-refractivity contribution in [3.63, 3.8) is 0 Å². The average molecular weight is 369 g/mol. The second kappa shape index (κ2) is 7.06. The molecule has 2 N–H and O–H groups in total. The molecule has 4 nitrogen and oxygen atoms in total. The van der Waals surface area contributed by atoms with E-state index < -0.39 is 10.0 Å². The van der Waals surface area contributed by atoms with Crippen LogP contribution in [0.5, 0.6) is 0 Å². The molecule has 2 aromatic carbocycles. The Bertz CT molecular complexity index is 683. The predicted molar refractivity (Wildman–Crippen MR) is 89.0 cm³/mol. The summed E-state index contributed by atoms with van der Waals surface area (Å²) in [5.74, 6) is 0. The second-order valence-electron chi connectivity index (χ2n) is 4.61. The molecular weight excluding hydrogens is 352 g/mol. The van der Waals surface area contributed by atoms with Crippen LogP contribution in [0, 0.1) is 0 Å². The highest BCUT2D eigenvalue weighted by Crippen LogP contribution is 2.19. The topological polar surface area (TPSA) is 58.2 Å². The van der Waals surface area contributed by atoms with Crippen molar-refractivity contribution < 1.29 is 8.42 Å². The summed E-state index contributed by atoms with van der Waals surface area (Å²) in [5.41, 5.74) is 1.64. The van der Waals surface area contributed by atoms with Crippen molar-refractivity contribution in [2.24, 2.45) is 0 Å². The van der Waals surface area contributed by atoms with Crippen LogP contribution >= 0.6 is 15.9 Å². The Morgan fingerprint density at radius 1 is 1.00 bits per heavy atom. The van der Waals surface area contributed by atoms with Gasteiger partial charge in [0.2, 0.25) is 0 Å². The van der Waals surface area contributed by atoms with Gasteiger partial charge in [0.1, 0.15) is 0 Å². The zero-order valence-corrected chi connectivity index (χ0v) is 14.0. The van der Waals surface area contributed by atoms with Crippen LogP contribution in [0.3, 0.4) is 0 Å². The number of nitrogens with one attached hydrogen (secondary N) is 2. The SMILES string of the molecule is CNCCc1ccc(S(=O)(=O)Nc2ccc(Br)cc2)cc1. The van der Waals surface area contributed by atoms with E-state index in [-0.39, 0.29) is 4.90 Å². The van der Waals surface area contributed by atoms with Gasteiger partial charge >= 0.3 is 0 Å². The van der Waals surface area contributed by atoms with Crippen molar-refractivity contribution in [1.29, 1.82) is 0 Å². The molecule has 0 saturated carbocycles. The third-order valence-corrected chi connectivity index (χ3v) is 4.92. The van der Waals surface area contributed by atoms with Gasteiger partial charge in [0.05, 0.1) is 4.90 Å². The zero-order valence-electron chi connectivity index (χ0n) is 11.6. The fraction of sp³-hybridized carbons (Fsp3) is 0.200. The lowest BCUT2D eigenvalue weighted by molar-refractivity contribution is 0.601. The normalized spacial score (nSPS) is 11.3. The lowest BCUT2D eigenvalue weighted by atomic mass is 10.1. The fourth-order valence-electron chi connectivity index (χ4n) is 1.84. The second-order valence-corrected chi connectivity index (χ2v) is 7.21. The molecule has 0 aliphatic carbocycles. The Hall–Kier alpha value is -1.37. The smallest absolute Gasteiger partial charge is 0.261 e. The summed E-state index contributed by atoms with van der Waals surface area (Å²) in [6, 6.07) is 13.9. The molecule has 0 fully saturated rings. The number of halogens is 1. The fourth-order valence-corrected chi connectivity index (χ4v) is 3.16. The summed E-state index contributed by atoms with van der Waals surface area (Å²) in [7, 11) is -1.65. The average Bonchev–Trinajstić information content (AvgIpc) is 2.48. The first-order valence-electron chi connectivity index (χ1n) is 6.53. The van der Waals surface area contributed by atoms with Gasteiger partial charge in [0.15, 0.2) is 0 Å². The Balaban J connectivity index is 2.13. The molecule has 0 amide bonds. The van der Waals surface area contributed by atoms with E-state index in [4.69, 9.17) is 0 Å². The van der Waals surface area contributed by atoms with Crippen LogP contribution in [0.25, 0.3) is 0 Å². The summed E-state index contributed by atoms with van der Waals surface area (Å²) in [5, 5.41) is 3.06. The van der Waals surface area contributed by atoms with Crippen LogP contribution in [0.1, 0.15) is 5.56 Å². The molecule has 112 valence electrons. The minimum atomic E-state index is -3.54. The van der Waals surface area contributed by atoms with Crippen LogP contribution in [0.2, 0.25) is 0 Å². The summed E-state index contributed by atoms with van der Waals surface area (Å²) in [6.07, 6.45) is 0.872. The van der Waals surface area contributed by atoms with E-state index in [9.17, 15) is 8.42 Å². The van der Waals surface area contributed by atoms with Crippen LogP contribution < -0.4 is 10.0 Å². The van der Waals surface area contributed by atoms with Crippen molar-refractivity contribution in [2.75, 3.05) is 18.3 Å². The van der Waals surface area contributed by atoms with Gasteiger partial charge in [-0.05, 0) is 62.0 Å². The molecule has 0 aromatic heterocycles. The maximum absolute atomic E-state index is 12.3. The van der Waals surface area contributed by atoms with Gasteiger partial charge < -0.3 is 5.32 Å². The summed E-state index contributed by atoms with van der Waals surface area (Å²) >= 11 is 3.32. The molecule has 0 bridgehead atoms. The predicted octanol–water partition coefficient (Wildman–Crippen LogP) is 3.01. The van der Waals surface area contributed by atoms with E-state index in [2.05, 4.69) is 26.0 Å². The molecule has 0 unspecified atom stereocenters. The molecule has 0 radical (unpaired) electrons. The highest BCUT2D eigenvalue weighted by atomic mass is 79.9. The van der Waals surface area contributed by atoms with Gasteiger partial charge in [-0.25, -0.2) is 8.42 Å². The van der Waals surface area contributed by atoms with Crippen molar-refractivity contribution in [1.82, 2.24) is 5.32 Å². The Kier molecular flexibility index (Phi) is 5.39. The maximum atomic E-state index is 12.3. The molecule has 0 saturated heterocycles. The van der Waals surface area contributed by atoms with E-state index in [1.54, 1.807) is 36.4 Å². The van der Waals surface area contributed by atoms with Gasteiger partial charge in [-0.15, -0.1) is 0 Å². The molecule has 2 rings (SSSR count). The number of sulfonamides is 1. The number of anilines is 1. The van der Waals surface area contributed by atoms with Gasteiger partial charge in [-0.1, -0.05) is 28.1 Å². The van der Waals surface area contributed by atoms with Crippen LogP contribution in [-0.4, -0.2) is 22.0 Å². The van der Waals surface area contributed by atoms with E-state index in [0.717, 1.165) is 23.0 Å². The van der Waals surface area contributed by atoms with E-state index in [1.807, 2.05) is 19.2 Å². The molecule has 0 aliphatic rings. The standard InChI is InChI=1S/C15H17BrN2O2S/c1-17-11-10-12-2-8-15(9-3-12)21(19,20)18-14-6-4-13(16)5-7-14/h2-9,17-18H,10-11H2,1H3. The number of hydrogen-bond donors (Lipinski definition) is 2. The lowest BCUT2D eigenvalue weighted by Gasteiger charge is -2.09. The largest absolute Gasteiger partial charge is 0.319 e. The van der Waals surface area contributed by atoms with Gasteiger partial charge in [-0.3, -0.25) is 4.72 Å². The third kappa shape index (κ3) is 4.56. The van der Waals surface area contributed by atoms with Crippen molar-refractivity contribution >= 4 is 31.6 Å². The lowest BCUT2D eigenvalue weighted by Crippen LogP contribution is -2.13. The Morgan fingerprint density at radius 2 is 1.62 bits per heavy atom. The van der Waals surface area contributed by atoms with Crippen molar-refractivity contribution in [3.05, 3.63) is 58.6 Å². The summed E-state index contributed by atoms with van der Waals surface area (Å²) in [4.78, 5) is 0.263.